The van der Waals surface area contributed by atoms with Gasteiger partial charge < -0.3 is 20.1 Å². The van der Waals surface area contributed by atoms with Crippen molar-refractivity contribution < 1.29 is 19.1 Å². The fraction of sp³-hybridized carbons (Fsp3) is 0.222. The van der Waals surface area contributed by atoms with E-state index >= 15 is 0 Å². The van der Waals surface area contributed by atoms with E-state index in [4.69, 9.17) is 32.7 Å². The molecule has 2 unspecified atom stereocenters. The van der Waals surface area contributed by atoms with Crippen LogP contribution in [0.3, 0.4) is 0 Å². The van der Waals surface area contributed by atoms with Gasteiger partial charge in [-0.25, -0.2) is 0 Å². The van der Waals surface area contributed by atoms with Gasteiger partial charge in [-0.2, -0.15) is 0 Å². The summed E-state index contributed by atoms with van der Waals surface area (Å²) in [6, 6.07) is 9.75. The van der Waals surface area contributed by atoms with Crippen molar-refractivity contribution in [3.8, 4) is 11.5 Å². The molecule has 2 aromatic carbocycles. The molecule has 1 aliphatic rings. The van der Waals surface area contributed by atoms with Crippen molar-refractivity contribution in [3.05, 3.63) is 46.4 Å². The average Bonchev–Trinajstić information content (AvgIpc) is 2.58. The molecule has 0 aromatic heterocycles. The van der Waals surface area contributed by atoms with Crippen molar-refractivity contribution in [2.24, 2.45) is 0 Å². The van der Waals surface area contributed by atoms with Crippen molar-refractivity contribution in [2.45, 2.75) is 26.1 Å². The third kappa shape index (κ3) is 4.03. The van der Waals surface area contributed by atoms with Gasteiger partial charge in [-0.15, -0.1) is 0 Å². The van der Waals surface area contributed by atoms with Crippen LogP contribution in [0, 0.1) is 0 Å². The number of benzene rings is 2. The van der Waals surface area contributed by atoms with Crippen LogP contribution in [-0.4, -0.2) is 24.0 Å². The molecule has 6 nitrogen and oxygen atoms in total. The van der Waals surface area contributed by atoms with Crippen LogP contribution in [0.15, 0.2) is 36.4 Å². The maximum atomic E-state index is 12.4. The molecular weight excluding hydrogens is 379 g/mol. The first kappa shape index (κ1) is 18.4. The number of fused-ring (bicyclic) bond motifs is 1. The maximum absolute atomic E-state index is 12.4. The number of ether oxygens (including phenoxy) is 2. The van der Waals surface area contributed by atoms with Gasteiger partial charge >= 0.3 is 0 Å². The van der Waals surface area contributed by atoms with E-state index in [1.54, 1.807) is 44.2 Å². The molecule has 2 atom stereocenters. The lowest BCUT2D eigenvalue weighted by Gasteiger charge is -2.24. The van der Waals surface area contributed by atoms with Crippen molar-refractivity contribution in [3.63, 3.8) is 0 Å². The summed E-state index contributed by atoms with van der Waals surface area (Å²) < 4.78 is 11.1. The van der Waals surface area contributed by atoms with E-state index < -0.39 is 12.2 Å². The molecule has 0 fully saturated rings. The van der Waals surface area contributed by atoms with Crippen LogP contribution in [0.2, 0.25) is 10.0 Å². The predicted molar refractivity (Wildman–Crippen MR) is 100 cm³/mol. The molecule has 0 radical (unpaired) electrons. The van der Waals surface area contributed by atoms with Crippen molar-refractivity contribution in [2.75, 3.05) is 10.6 Å². The number of rotatable bonds is 4. The zero-order valence-corrected chi connectivity index (χ0v) is 15.5. The molecule has 0 saturated carbocycles. The Morgan fingerprint density at radius 3 is 2.77 bits per heavy atom. The molecular formula is C18H16Cl2N2O4. The molecule has 2 amide bonds. The summed E-state index contributed by atoms with van der Waals surface area (Å²) in [5.74, 6) is 0.300. The molecule has 0 spiro atoms. The second-order valence-electron chi connectivity index (χ2n) is 5.78. The van der Waals surface area contributed by atoms with Crippen LogP contribution < -0.4 is 20.1 Å². The minimum atomic E-state index is -0.796. The summed E-state index contributed by atoms with van der Waals surface area (Å²) in [6.45, 7) is 3.26. The minimum absolute atomic E-state index is 0.241. The molecule has 8 heteroatoms. The Morgan fingerprint density at radius 2 is 2.04 bits per heavy atom. The van der Waals surface area contributed by atoms with Crippen LogP contribution in [0.1, 0.15) is 13.8 Å². The quantitative estimate of drug-likeness (QED) is 0.817. The first-order valence-electron chi connectivity index (χ1n) is 7.87. The number of hydrogen-bond acceptors (Lipinski definition) is 4. The third-order valence-corrected chi connectivity index (χ3v) is 4.28. The lowest BCUT2D eigenvalue weighted by molar-refractivity contribution is -0.123. The molecule has 0 bridgehead atoms. The number of carbonyl (C=O) groups excluding carboxylic acids is 2. The number of carbonyl (C=O) groups is 2. The smallest absolute Gasteiger partial charge is 0.265 e. The summed E-state index contributed by atoms with van der Waals surface area (Å²) in [7, 11) is 0. The van der Waals surface area contributed by atoms with E-state index in [9.17, 15) is 9.59 Å². The highest BCUT2D eigenvalue weighted by atomic mass is 35.5. The standard InChI is InChI=1S/C18H16Cl2N2O4/c1-9(25-15-5-3-11(19)7-13(15)20)17(23)21-12-4-6-16-14(8-12)22-18(24)10(2)26-16/h3-10H,1-2H3,(H,21,23)(H,22,24). The van der Waals surface area contributed by atoms with Gasteiger partial charge in [-0.3, -0.25) is 9.59 Å². The minimum Gasteiger partial charge on any atom is -0.479 e. The number of anilines is 2. The van der Waals surface area contributed by atoms with E-state index in [2.05, 4.69) is 10.6 Å². The van der Waals surface area contributed by atoms with Gasteiger partial charge in [-0.1, -0.05) is 23.2 Å². The molecule has 2 aromatic rings. The summed E-state index contributed by atoms with van der Waals surface area (Å²) >= 11 is 11.9. The van der Waals surface area contributed by atoms with Crippen LogP contribution in [0.25, 0.3) is 0 Å². The topological polar surface area (TPSA) is 76.7 Å². The maximum Gasteiger partial charge on any atom is 0.265 e. The molecule has 2 N–H and O–H groups in total. The van der Waals surface area contributed by atoms with Crippen molar-refractivity contribution in [1.29, 1.82) is 0 Å². The van der Waals surface area contributed by atoms with Gasteiger partial charge in [0.25, 0.3) is 11.8 Å². The van der Waals surface area contributed by atoms with Gasteiger partial charge in [0.2, 0.25) is 0 Å². The first-order chi connectivity index (χ1) is 12.3. The Bertz CT molecular complexity index is 872. The van der Waals surface area contributed by atoms with Crippen LogP contribution in [0.5, 0.6) is 11.5 Å². The van der Waals surface area contributed by atoms with E-state index in [0.717, 1.165) is 0 Å². The van der Waals surface area contributed by atoms with Gasteiger partial charge in [0.05, 0.1) is 10.7 Å². The monoisotopic (exact) mass is 394 g/mol. The van der Waals surface area contributed by atoms with Crippen molar-refractivity contribution in [1.82, 2.24) is 0 Å². The summed E-state index contributed by atoms with van der Waals surface area (Å²) in [5, 5.41) is 6.26. The summed E-state index contributed by atoms with van der Waals surface area (Å²) in [5.41, 5.74) is 1.00. The van der Waals surface area contributed by atoms with Gasteiger partial charge in [-0.05, 0) is 50.2 Å². The molecule has 136 valence electrons. The molecule has 0 saturated heterocycles. The fourth-order valence-electron chi connectivity index (χ4n) is 2.35. The van der Waals surface area contributed by atoms with E-state index in [0.29, 0.717) is 32.9 Å². The van der Waals surface area contributed by atoms with Crippen LogP contribution in [0.4, 0.5) is 11.4 Å². The average molecular weight is 395 g/mol. The van der Waals surface area contributed by atoms with E-state index in [1.165, 1.54) is 6.07 Å². The number of hydrogen-bond donors (Lipinski definition) is 2. The Labute approximate surface area is 160 Å². The summed E-state index contributed by atoms with van der Waals surface area (Å²) in [4.78, 5) is 24.0. The van der Waals surface area contributed by atoms with Gasteiger partial charge in [0.15, 0.2) is 12.2 Å². The molecule has 26 heavy (non-hydrogen) atoms. The Balaban J connectivity index is 1.68. The first-order valence-corrected chi connectivity index (χ1v) is 8.63. The van der Waals surface area contributed by atoms with E-state index in [1.807, 2.05) is 0 Å². The van der Waals surface area contributed by atoms with Crippen LogP contribution in [-0.2, 0) is 9.59 Å². The lowest BCUT2D eigenvalue weighted by atomic mass is 10.2. The highest BCUT2D eigenvalue weighted by molar-refractivity contribution is 6.35. The molecule has 1 heterocycles. The van der Waals surface area contributed by atoms with Crippen molar-refractivity contribution >= 4 is 46.4 Å². The largest absolute Gasteiger partial charge is 0.479 e. The predicted octanol–water partition coefficient (Wildman–Crippen LogP) is 4.12. The third-order valence-electron chi connectivity index (χ3n) is 3.74. The fourth-order valence-corrected chi connectivity index (χ4v) is 2.80. The Kier molecular flexibility index (Phi) is 5.25. The number of nitrogens with one attached hydrogen (secondary N) is 2. The second kappa shape index (κ2) is 7.43. The Hall–Kier alpha value is -2.44. The zero-order chi connectivity index (χ0) is 18.8. The summed E-state index contributed by atoms with van der Waals surface area (Å²) in [6.07, 6.45) is -1.35. The van der Waals surface area contributed by atoms with Crippen LogP contribution >= 0.6 is 23.2 Å². The normalized spacial score (nSPS) is 16.8. The molecule has 0 aliphatic carbocycles. The number of halogens is 2. The van der Waals surface area contributed by atoms with Gasteiger partial charge in [0.1, 0.15) is 11.5 Å². The highest BCUT2D eigenvalue weighted by Crippen LogP contribution is 2.32. The number of amides is 2. The molecule has 3 rings (SSSR count). The lowest BCUT2D eigenvalue weighted by Crippen LogP contribution is -2.34. The zero-order valence-electron chi connectivity index (χ0n) is 14.0. The SMILES string of the molecule is CC(Oc1ccc(Cl)cc1Cl)C(=O)Nc1ccc2c(c1)NC(=O)C(C)O2. The highest BCUT2D eigenvalue weighted by Gasteiger charge is 2.24. The molecule has 1 aliphatic heterocycles. The second-order valence-corrected chi connectivity index (χ2v) is 6.63. The van der Waals surface area contributed by atoms with Gasteiger partial charge in [0, 0.05) is 10.7 Å². The van der Waals surface area contributed by atoms with E-state index in [-0.39, 0.29) is 11.8 Å². The Morgan fingerprint density at radius 1 is 1.27 bits per heavy atom.